The summed E-state index contributed by atoms with van der Waals surface area (Å²) in [6.07, 6.45) is 8.34. The van der Waals surface area contributed by atoms with Crippen molar-refractivity contribution in [3.8, 4) is 0 Å². The van der Waals surface area contributed by atoms with E-state index in [1.807, 2.05) is 4.90 Å². The van der Waals surface area contributed by atoms with E-state index in [1.54, 1.807) is 0 Å². The van der Waals surface area contributed by atoms with Crippen LogP contribution in [0.25, 0.3) is 0 Å². The third-order valence-electron chi connectivity index (χ3n) is 6.76. The zero-order chi connectivity index (χ0) is 24.1. The van der Waals surface area contributed by atoms with Crippen molar-refractivity contribution in [3.05, 3.63) is 40.5 Å². The fourth-order valence-corrected chi connectivity index (χ4v) is 6.12. The first-order valence-electron chi connectivity index (χ1n) is 11.8. The van der Waals surface area contributed by atoms with Crippen LogP contribution in [0.1, 0.15) is 32.1 Å². The van der Waals surface area contributed by atoms with Gasteiger partial charge in [0.05, 0.1) is 35.6 Å². The Morgan fingerprint density at radius 1 is 1.12 bits per heavy atom. The van der Waals surface area contributed by atoms with Crippen LogP contribution in [0.5, 0.6) is 0 Å². The van der Waals surface area contributed by atoms with Crippen LogP contribution in [0.4, 0.5) is 11.4 Å². The zero-order valence-electron chi connectivity index (χ0n) is 19.1. The molecule has 0 bridgehead atoms. The van der Waals surface area contributed by atoms with Crippen molar-refractivity contribution in [2.45, 2.75) is 37.0 Å². The summed E-state index contributed by atoms with van der Waals surface area (Å²) in [5.41, 5.74) is 0.118. The van der Waals surface area contributed by atoms with E-state index in [-0.39, 0.29) is 35.6 Å². The van der Waals surface area contributed by atoms with Gasteiger partial charge < -0.3 is 14.4 Å². The topological polar surface area (TPSA) is 119 Å². The molecule has 2 fully saturated rings. The standard InChI is InChI=1S/C23H31N3O7S/c27-23(33-17-18-4-2-1-3-5-18)19-8-10-24(11-9-19)21-7-6-20(16-22(21)26(28)29)34(30,31)25-12-14-32-15-13-25/h1-2,6-7,16,18-19H,3-5,8-15,17H2. The predicted octanol–water partition coefficient (Wildman–Crippen LogP) is 2.73. The van der Waals surface area contributed by atoms with E-state index in [0.717, 1.165) is 25.3 Å². The van der Waals surface area contributed by atoms with Gasteiger partial charge in [0.1, 0.15) is 5.69 Å². The third-order valence-corrected chi connectivity index (χ3v) is 8.65. The van der Waals surface area contributed by atoms with Crippen LogP contribution < -0.4 is 4.90 Å². The number of nitro groups is 1. The summed E-state index contributed by atoms with van der Waals surface area (Å²) in [4.78, 5) is 25.5. The van der Waals surface area contributed by atoms with Gasteiger partial charge >= 0.3 is 5.97 Å². The minimum absolute atomic E-state index is 0.0964. The fraction of sp³-hybridized carbons (Fsp3) is 0.609. The van der Waals surface area contributed by atoms with Crippen molar-refractivity contribution in [1.82, 2.24) is 4.31 Å². The molecule has 1 atom stereocenters. The maximum atomic E-state index is 12.9. The van der Waals surface area contributed by atoms with E-state index in [1.165, 1.54) is 16.4 Å². The molecule has 1 aromatic carbocycles. The lowest BCUT2D eigenvalue weighted by Gasteiger charge is -2.32. The number of hydrogen-bond acceptors (Lipinski definition) is 8. The summed E-state index contributed by atoms with van der Waals surface area (Å²) in [6, 6.07) is 4.06. The molecule has 1 aromatic rings. The van der Waals surface area contributed by atoms with Crippen LogP contribution in [0.2, 0.25) is 0 Å². The minimum Gasteiger partial charge on any atom is -0.465 e. The highest BCUT2D eigenvalue weighted by Gasteiger charge is 2.32. The molecule has 0 aromatic heterocycles. The molecule has 11 heteroatoms. The van der Waals surface area contributed by atoms with Crippen LogP contribution in [0, 0.1) is 22.0 Å². The van der Waals surface area contributed by atoms with Gasteiger partial charge in [-0.3, -0.25) is 14.9 Å². The lowest BCUT2D eigenvalue weighted by Crippen LogP contribution is -2.40. The van der Waals surface area contributed by atoms with Gasteiger partial charge in [0.15, 0.2) is 0 Å². The molecule has 4 rings (SSSR count). The number of hydrogen-bond donors (Lipinski definition) is 0. The monoisotopic (exact) mass is 493 g/mol. The van der Waals surface area contributed by atoms with E-state index in [9.17, 15) is 23.3 Å². The highest BCUT2D eigenvalue weighted by molar-refractivity contribution is 7.89. The Kier molecular flexibility index (Phi) is 7.84. The highest BCUT2D eigenvalue weighted by atomic mass is 32.2. The number of esters is 1. The molecule has 3 aliphatic rings. The molecule has 34 heavy (non-hydrogen) atoms. The van der Waals surface area contributed by atoms with E-state index in [2.05, 4.69) is 12.2 Å². The molecule has 1 unspecified atom stereocenters. The van der Waals surface area contributed by atoms with Crippen molar-refractivity contribution in [2.24, 2.45) is 11.8 Å². The molecule has 2 saturated heterocycles. The largest absolute Gasteiger partial charge is 0.465 e. The number of carbonyl (C=O) groups is 1. The third kappa shape index (κ3) is 5.59. The number of sulfonamides is 1. The quantitative estimate of drug-likeness (QED) is 0.246. The smallest absolute Gasteiger partial charge is 0.309 e. The van der Waals surface area contributed by atoms with Gasteiger partial charge in [0, 0.05) is 32.2 Å². The van der Waals surface area contributed by atoms with Gasteiger partial charge in [0.25, 0.3) is 5.69 Å². The number of benzene rings is 1. The van der Waals surface area contributed by atoms with E-state index in [4.69, 9.17) is 9.47 Å². The SMILES string of the molecule is O=C(OCC1CC=CCC1)C1CCN(c2ccc(S(=O)(=O)N3CCOCC3)cc2[N+](=O)[O-])CC1. The summed E-state index contributed by atoms with van der Waals surface area (Å²) >= 11 is 0. The molecule has 0 saturated carbocycles. The van der Waals surface area contributed by atoms with Gasteiger partial charge in [-0.2, -0.15) is 4.31 Å². The number of nitro benzene ring substituents is 1. The molecule has 0 radical (unpaired) electrons. The van der Waals surface area contributed by atoms with Gasteiger partial charge in [-0.15, -0.1) is 0 Å². The van der Waals surface area contributed by atoms with Gasteiger partial charge in [0.2, 0.25) is 10.0 Å². The van der Waals surface area contributed by atoms with Gasteiger partial charge in [-0.1, -0.05) is 12.2 Å². The summed E-state index contributed by atoms with van der Waals surface area (Å²) in [5.74, 6) is -0.0463. The molecule has 0 spiro atoms. The lowest BCUT2D eigenvalue weighted by atomic mass is 9.94. The molecule has 10 nitrogen and oxygen atoms in total. The highest BCUT2D eigenvalue weighted by Crippen LogP contribution is 2.34. The van der Waals surface area contributed by atoms with Crippen LogP contribution in [-0.2, 0) is 24.3 Å². The zero-order valence-corrected chi connectivity index (χ0v) is 20.0. The number of ether oxygens (including phenoxy) is 2. The number of piperidine rings is 1. The fourth-order valence-electron chi connectivity index (χ4n) is 4.69. The van der Waals surface area contributed by atoms with Crippen molar-refractivity contribution < 1.29 is 27.6 Å². The number of allylic oxidation sites excluding steroid dienone is 2. The van der Waals surface area contributed by atoms with Crippen molar-refractivity contribution in [1.29, 1.82) is 0 Å². The van der Waals surface area contributed by atoms with Crippen LogP contribution in [0.3, 0.4) is 0 Å². The second-order valence-corrected chi connectivity index (χ2v) is 10.9. The van der Waals surface area contributed by atoms with Gasteiger partial charge in [-0.05, 0) is 50.2 Å². The molecule has 0 N–H and O–H groups in total. The summed E-state index contributed by atoms with van der Waals surface area (Å²) in [7, 11) is -3.84. The molecule has 2 aliphatic heterocycles. The molecule has 0 amide bonds. The lowest BCUT2D eigenvalue weighted by molar-refractivity contribution is -0.384. The first-order chi connectivity index (χ1) is 16.4. The molecule has 1 aliphatic carbocycles. The Balaban J connectivity index is 1.40. The summed E-state index contributed by atoms with van der Waals surface area (Å²) < 4.78 is 37.9. The summed E-state index contributed by atoms with van der Waals surface area (Å²) in [6.45, 7) is 2.40. The van der Waals surface area contributed by atoms with E-state index < -0.39 is 14.9 Å². The predicted molar refractivity (Wildman–Crippen MR) is 125 cm³/mol. The molecular formula is C23H31N3O7S. The first kappa shape index (κ1) is 24.6. The van der Waals surface area contributed by atoms with Crippen molar-refractivity contribution in [2.75, 3.05) is 50.9 Å². The van der Waals surface area contributed by atoms with Crippen LogP contribution in [-0.4, -0.2) is 69.6 Å². The number of nitrogens with zero attached hydrogens (tertiary/aromatic N) is 3. The average Bonchev–Trinajstić information content (AvgIpc) is 2.88. The Labute approximate surface area is 199 Å². The Bertz CT molecular complexity index is 1030. The van der Waals surface area contributed by atoms with E-state index >= 15 is 0 Å². The Morgan fingerprint density at radius 3 is 2.50 bits per heavy atom. The normalized spacial score (nSPS) is 22.5. The van der Waals surface area contributed by atoms with Crippen LogP contribution >= 0.6 is 0 Å². The van der Waals surface area contributed by atoms with Crippen molar-refractivity contribution >= 4 is 27.4 Å². The van der Waals surface area contributed by atoms with Crippen LogP contribution in [0.15, 0.2) is 35.2 Å². The first-order valence-corrected chi connectivity index (χ1v) is 13.2. The van der Waals surface area contributed by atoms with E-state index in [0.29, 0.717) is 57.4 Å². The molecular weight excluding hydrogens is 462 g/mol. The molecule has 2 heterocycles. The number of carbonyl (C=O) groups excluding carboxylic acids is 1. The average molecular weight is 494 g/mol. The second-order valence-electron chi connectivity index (χ2n) is 8.97. The number of morpholine rings is 1. The number of anilines is 1. The Hall–Kier alpha value is -2.50. The maximum absolute atomic E-state index is 12.9. The maximum Gasteiger partial charge on any atom is 0.309 e. The summed E-state index contributed by atoms with van der Waals surface area (Å²) in [5, 5.41) is 11.8. The Morgan fingerprint density at radius 2 is 1.85 bits per heavy atom. The number of rotatable bonds is 7. The molecule has 186 valence electrons. The van der Waals surface area contributed by atoms with Gasteiger partial charge in [-0.25, -0.2) is 8.42 Å². The minimum atomic E-state index is -3.84. The van der Waals surface area contributed by atoms with Crippen molar-refractivity contribution in [3.63, 3.8) is 0 Å². The second kappa shape index (κ2) is 10.8.